The van der Waals surface area contributed by atoms with Crippen LogP contribution in [0.3, 0.4) is 0 Å². The molecule has 0 radical (unpaired) electrons. The first-order valence-electron chi connectivity index (χ1n) is 4.22. The topological polar surface area (TPSA) is 63.8 Å². The molecule has 1 saturated carbocycles. The average molecular weight is 243 g/mol. The van der Waals surface area contributed by atoms with E-state index in [1.54, 1.807) is 0 Å². The van der Waals surface area contributed by atoms with Crippen molar-refractivity contribution in [2.45, 2.75) is 19.4 Å². The highest BCUT2D eigenvalue weighted by molar-refractivity contribution is 9.10. The van der Waals surface area contributed by atoms with E-state index in [-0.39, 0.29) is 0 Å². The van der Waals surface area contributed by atoms with Crippen molar-refractivity contribution in [2.24, 2.45) is 5.92 Å². The molecule has 0 amide bonds. The number of nitrogen functional groups attached to an aromatic ring is 1. The minimum absolute atomic E-state index is 0.296. The predicted molar refractivity (Wildman–Crippen MR) is 55.3 cm³/mol. The second-order valence-corrected chi connectivity index (χ2v) is 4.21. The smallest absolute Gasteiger partial charge is 0.223 e. The van der Waals surface area contributed by atoms with E-state index in [4.69, 9.17) is 5.73 Å². The van der Waals surface area contributed by atoms with Gasteiger partial charge in [0.15, 0.2) is 0 Å². The van der Waals surface area contributed by atoms with Gasteiger partial charge in [0, 0.05) is 12.1 Å². The van der Waals surface area contributed by atoms with Crippen LogP contribution in [-0.2, 0) is 0 Å². The normalized spacial score (nSPS) is 25.7. The van der Waals surface area contributed by atoms with E-state index in [9.17, 15) is 0 Å². The van der Waals surface area contributed by atoms with Crippen LogP contribution in [0.5, 0.6) is 0 Å². The van der Waals surface area contributed by atoms with Crippen LogP contribution in [0.25, 0.3) is 0 Å². The van der Waals surface area contributed by atoms with Crippen LogP contribution in [-0.4, -0.2) is 16.0 Å². The maximum Gasteiger partial charge on any atom is 0.223 e. The van der Waals surface area contributed by atoms with Gasteiger partial charge in [0.2, 0.25) is 5.95 Å². The standard InChI is InChI=1S/C8H11BrN4/c1-4-2-5(4)11-7-3-6(9)12-8(10)13-7/h3-5H,2H2,1H3,(H3,10,11,12,13). The lowest BCUT2D eigenvalue weighted by Crippen LogP contribution is -2.07. The van der Waals surface area contributed by atoms with E-state index in [2.05, 4.69) is 38.1 Å². The molecule has 2 atom stereocenters. The van der Waals surface area contributed by atoms with E-state index >= 15 is 0 Å². The Morgan fingerprint density at radius 1 is 1.62 bits per heavy atom. The lowest BCUT2D eigenvalue weighted by molar-refractivity contribution is 0.922. The number of hydrogen-bond donors (Lipinski definition) is 2. The number of hydrogen-bond acceptors (Lipinski definition) is 4. The van der Waals surface area contributed by atoms with Gasteiger partial charge in [-0.25, -0.2) is 4.98 Å². The Balaban J connectivity index is 2.11. The molecule has 0 aromatic carbocycles. The van der Waals surface area contributed by atoms with Gasteiger partial charge in [0.25, 0.3) is 0 Å². The molecular weight excluding hydrogens is 232 g/mol. The van der Waals surface area contributed by atoms with Crippen molar-refractivity contribution in [3.05, 3.63) is 10.7 Å². The van der Waals surface area contributed by atoms with Crippen molar-refractivity contribution in [1.82, 2.24) is 9.97 Å². The van der Waals surface area contributed by atoms with Crippen molar-refractivity contribution >= 4 is 27.7 Å². The summed E-state index contributed by atoms with van der Waals surface area (Å²) in [6.45, 7) is 2.21. The first-order chi connectivity index (χ1) is 6.15. The summed E-state index contributed by atoms with van der Waals surface area (Å²) in [5.74, 6) is 1.84. The summed E-state index contributed by atoms with van der Waals surface area (Å²) in [6.07, 6.45) is 1.21. The SMILES string of the molecule is CC1CC1Nc1cc(Br)nc(N)n1. The number of aromatic nitrogens is 2. The summed E-state index contributed by atoms with van der Waals surface area (Å²) in [6, 6.07) is 2.39. The fourth-order valence-electron chi connectivity index (χ4n) is 1.22. The molecule has 1 aromatic rings. The van der Waals surface area contributed by atoms with Gasteiger partial charge < -0.3 is 11.1 Å². The number of nitrogens with one attached hydrogen (secondary N) is 1. The first-order valence-corrected chi connectivity index (χ1v) is 5.01. The fourth-order valence-corrected chi connectivity index (χ4v) is 1.62. The van der Waals surface area contributed by atoms with Crippen LogP contribution >= 0.6 is 15.9 Å². The molecule has 1 aliphatic rings. The van der Waals surface area contributed by atoms with Gasteiger partial charge in [-0.2, -0.15) is 4.98 Å². The molecule has 2 rings (SSSR count). The van der Waals surface area contributed by atoms with E-state index in [1.165, 1.54) is 6.42 Å². The predicted octanol–water partition coefficient (Wildman–Crippen LogP) is 1.64. The Morgan fingerprint density at radius 3 is 2.85 bits per heavy atom. The molecule has 1 aliphatic carbocycles. The lowest BCUT2D eigenvalue weighted by atomic mass is 10.4. The van der Waals surface area contributed by atoms with Gasteiger partial charge in [0.05, 0.1) is 0 Å². The fraction of sp³-hybridized carbons (Fsp3) is 0.500. The van der Waals surface area contributed by atoms with Gasteiger partial charge in [-0.05, 0) is 28.3 Å². The summed E-state index contributed by atoms with van der Waals surface area (Å²) in [4.78, 5) is 8.00. The van der Waals surface area contributed by atoms with Crippen LogP contribution in [0, 0.1) is 5.92 Å². The van der Waals surface area contributed by atoms with Crippen molar-refractivity contribution in [3.8, 4) is 0 Å². The molecule has 4 nitrogen and oxygen atoms in total. The maximum absolute atomic E-state index is 5.50. The Morgan fingerprint density at radius 2 is 2.31 bits per heavy atom. The molecule has 2 unspecified atom stereocenters. The van der Waals surface area contributed by atoms with Gasteiger partial charge in [0.1, 0.15) is 10.4 Å². The van der Waals surface area contributed by atoms with Crippen LogP contribution in [0.2, 0.25) is 0 Å². The first kappa shape index (κ1) is 8.74. The zero-order chi connectivity index (χ0) is 9.42. The Bertz CT molecular complexity index is 308. The summed E-state index contributed by atoms with van der Waals surface area (Å²) >= 11 is 3.27. The lowest BCUT2D eigenvalue weighted by Gasteiger charge is -2.04. The van der Waals surface area contributed by atoms with E-state index in [0.29, 0.717) is 12.0 Å². The van der Waals surface area contributed by atoms with Crippen molar-refractivity contribution < 1.29 is 0 Å². The average Bonchev–Trinajstić information content (AvgIpc) is 2.63. The molecule has 70 valence electrons. The second kappa shape index (κ2) is 3.14. The molecule has 1 fully saturated rings. The minimum atomic E-state index is 0.296. The van der Waals surface area contributed by atoms with E-state index < -0.39 is 0 Å². The molecule has 3 N–H and O–H groups in total. The van der Waals surface area contributed by atoms with Gasteiger partial charge in [-0.15, -0.1) is 0 Å². The van der Waals surface area contributed by atoms with E-state index in [0.717, 1.165) is 16.3 Å². The maximum atomic E-state index is 5.50. The van der Waals surface area contributed by atoms with Crippen LogP contribution in [0.4, 0.5) is 11.8 Å². The molecule has 1 heterocycles. The molecule has 13 heavy (non-hydrogen) atoms. The Hall–Kier alpha value is -0.840. The van der Waals surface area contributed by atoms with Crippen molar-refractivity contribution in [2.75, 3.05) is 11.1 Å². The summed E-state index contributed by atoms with van der Waals surface area (Å²) < 4.78 is 0.718. The third-order valence-electron chi connectivity index (χ3n) is 2.15. The number of nitrogens with zero attached hydrogens (tertiary/aromatic N) is 2. The molecule has 5 heteroatoms. The highest BCUT2D eigenvalue weighted by Crippen LogP contribution is 2.32. The number of halogens is 1. The molecule has 0 aliphatic heterocycles. The van der Waals surface area contributed by atoms with Gasteiger partial charge in [-0.3, -0.25) is 0 Å². The summed E-state index contributed by atoms with van der Waals surface area (Å²) in [5.41, 5.74) is 5.50. The quantitative estimate of drug-likeness (QED) is 0.775. The van der Waals surface area contributed by atoms with Crippen LogP contribution < -0.4 is 11.1 Å². The van der Waals surface area contributed by atoms with Gasteiger partial charge >= 0.3 is 0 Å². The van der Waals surface area contributed by atoms with E-state index in [1.807, 2.05) is 6.07 Å². The minimum Gasteiger partial charge on any atom is -0.368 e. The second-order valence-electron chi connectivity index (χ2n) is 3.40. The molecule has 0 saturated heterocycles. The largest absolute Gasteiger partial charge is 0.368 e. The summed E-state index contributed by atoms with van der Waals surface area (Å²) in [7, 11) is 0. The third kappa shape index (κ3) is 2.09. The zero-order valence-corrected chi connectivity index (χ0v) is 8.87. The number of rotatable bonds is 2. The van der Waals surface area contributed by atoms with Crippen molar-refractivity contribution in [3.63, 3.8) is 0 Å². The Labute approximate surface area is 85.1 Å². The highest BCUT2D eigenvalue weighted by atomic mass is 79.9. The third-order valence-corrected chi connectivity index (χ3v) is 2.56. The molecule has 0 spiro atoms. The van der Waals surface area contributed by atoms with Crippen LogP contribution in [0.15, 0.2) is 10.7 Å². The monoisotopic (exact) mass is 242 g/mol. The van der Waals surface area contributed by atoms with Crippen LogP contribution in [0.1, 0.15) is 13.3 Å². The Kier molecular flexibility index (Phi) is 2.11. The molecule has 0 bridgehead atoms. The van der Waals surface area contributed by atoms with Gasteiger partial charge in [-0.1, -0.05) is 6.92 Å². The molecule has 1 aromatic heterocycles. The number of anilines is 2. The van der Waals surface area contributed by atoms with Crippen molar-refractivity contribution in [1.29, 1.82) is 0 Å². The number of nitrogens with two attached hydrogens (primary N) is 1. The molecular formula is C8H11BrN4. The zero-order valence-electron chi connectivity index (χ0n) is 7.29. The summed E-state index contributed by atoms with van der Waals surface area (Å²) in [5, 5.41) is 3.29. The highest BCUT2D eigenvalue weighted by Gasteiger charge is 2.32.